The first kappa shape index (κ1) is 19.8. The lowest BCUT2D eigenvalue weighted by molar-refractivity contribution is 0.942. The summed E-state index contributed by atoms with van der Waals surface area (Å²) >= 11 is 2.23. The number of para-hydroxylation sites is 1. The van der Waals surface area contributed by atoms with Gasteiger partial charge in [-0.25, -0.2) is 4.98 Å². The minimum atomic E-state index is -0.0633. The van der Waals surface area contributed by atoms with Crippen LogP contribution in [-0.2, 0) is 7.05 Å². The first-order valence-corrected chi connectivity index (χ1v) is 11.1. The van der Waals surface area contributed by atoms with Crippen molar-refractivity contribution in [2.45, 2.75) is 6.92 Å². The van der Waals surface area contributed by atoms with E-state index >= 15 is 0 Å². The van der Waals surface area contributed by atoms with Crippen LogP contribution in [0.1, 0.15) is 17.0 Å². The molecule has 0 fully saturated rings. The summed E-state index contributed by atoms with van der Waals surface area (Å²) < 4.78 is 4.82. The maximum Gasteiger partial charge on any atom is 0.266 e. The van der Waals surface area contributed by atoms with Gasteiger partial charge < -0.3 is 4.57 Å². The van der Waals surface area contributed by atoms with E-state index < -0.39 is 0 Å². The van der Waals surface area contributed by atoms with Crippen molar-refractivity contribution in [3.63, 3.8) is 0 Å². The van der Waals surface area contributed by atoms with E-state index in [1.54, 1.807) is 4.57 Å². The van der Waals surface area contributed by atoms with E-state index in [1.807, 2.05) is 80.7 Å². The molecule has 0 amide bonds. The second-order valence-corrected chi connectivity index (χ2v) is 8.90. The van der Waals surface area contributed by atoms with Gasteiger partial charge in [0.1, 0.15) is 5.82 Å². The molecule has 2 aromatic heterocycles. The van der Waals surface area contributed by atoms with Gasteiger partial charge in [0.25, 0.3) is 5.56 Å². The minimum absolute atomic E-state index is 0.0633. The van der Waals surface area contributed by atoms with E-state index in [0.717, 1.165) is 20.4 Å². The number of halogens is 1. The third-order valence-corrected chi connectivity index (χ3v) is 6.13. The van der Waals surface area contributed by atoms with Gasteiger partial charge in [0, 0.05) is 33.3 Å². The minimum Gasteiger partial charge on any atom is -0.350 e. The monoisotopic (exact) mass is 517 g/mol. The van der Waals surface area contributed by atoms with Crippen LogP contribution in [-0.4, -0.2) is 14.1 Å². The normalized spacial score (nSPS) is 11.7. The highest BCUT2D eigenvalue weighted by Gasteiger charge is 2.12. The van der Waals surface area contributed by atoms with Gasteiger partial charge in [-0.15, -0.1) is 0 Å². The quantitative estimate of drug-likeness (QED) is 0.277. The highest BCUT2D eigenvalue weighted by molar-refractivity contribution is 14.1. The first-order chi connectivity index (χ1) is 15.0. The Morgan fingerprint density at radius 2 is 1.77 bits per heavy atom. The van der Waals surface area contributed by atoms with Gasteiger partial charge in [-0.3, -0.25) is 9.36 Å². The molecule has 4 nitrogen and oxygen atoms in total. The number of fused-ring (bicyclic) bond motifs is 2. The number of hydrogen-bond acceptors (Lipinski definition) is 2. The van der Waals surface area contributed by atoms with Crippen LogP contribution in [0.15, 0.2) is 77.7 Å². The van der Waals surface area contributed by atoms with Crippen molar-refractivity contribution in [3.05, 3.63) is 104 Å². The summed E-state index contributed by atoms with van der Waals surface area (Å²) in [6.07, 6.45) is 6.07. The summed E-state index contributed by atoms with van der Waals surface area (Å²) in [5.74, 6) is 0.609. The zero-order chi connectivity index (χ0) is 21.5. The molecular weight excluding hydrogens is 497 g/mol. The van der Waals surface area contributed by atoms with Crippen LogP contribution >= 0.6 is 22.6 Å². The molecule has 0 bridgehead atoms. The molecule has 0 saturated heterocycles. The molecule has 31 heavy (non-hydrogen) atoms. The van der Waals surface area contributed by atoms with Gasteiger partial charge >= 0.3 is 0 Å². The molecule has 0 atom stereocenters. The summed E-state index contributed by atoms with van der Waals surface area (Å²) in [6.45, 7) is 2.03. The summed E-state index contributed by atoms with van der Waals surface area (Å²) in [5, 5.41) is 1.79. The molecule has 0 N–H and O–H groups in total. The zero-order valence-corrected chi connectivity index (χ0v) is 19.4. The predicted octanol–water partition coefficient (Wildman–Crippen LogP) is 5.96. The topological polar surface area (TPSA) is 39.8 Å². The lowest BCUT2D eigenvalue weighted by Gasteiger charge is -2.12. The average Bonchev–Trinajstić information content (AvgIpc) is 3.09. The van der Waals surface area contributed by atoms with E-state index in [4.69, 9.17) is 4.98 Å². The van der Waals surface area contributed by atoms with E-state index in [9.17, 15) is 4.79 Å². The van der Waals surface area contributed by atoms with E-state index in [-0.39, 0.29) is 5.56 Å². The third kappa shape index (κ3) is 3.59. The van der Waals surface area contributed by atoms with Crippen molar-refractivity contribution in [1.82, 2.24) is 14.1 Å². The molecule has 2 heterocycles. The summed E-state index contributed by atoms with van der Waals surface area (Å²) in [4.78, 5) is 18.4. The number of nitrogens with zero attached hydrogens (tertiary/aromatic N) is 3. The molecule has 5 aromatic rings. The van der Waals surface area contributed by atoms with Gasteiger partial charge in [0.2, 0.25) is 0 Å². The highest BCUT2D eigenvalue weighted by atomic mass is 127. The Hall–Kier alpha value is -3.19. The lowest BCUT2D eigenvalue weighted by atomic mass is 10.1. The molecule has 5 heteroatoms. The maximum absolute atomic E-state index is 13.5. The van der Waals surface area contributed by atoms with Gasteiger partial charge in [-0.2, -0.15) is 0 Å². The van der Waals surface area contributed by atoms with Gasteiger partial charge in [-0.1, -0.05) is 30.3 Å². The molecule has 3 aromatic carbocycles. The van der Waals surface area contributed by atoms with E-state index in [0.29, 0.717) is 16.7 Å². The Balaban J connectivity index is 1.75. The Morgan fingerprint density at radius 1 is 0.935 bits per heavy atom. The zero-order valence-electron chi connectivity index (χ0n) is 17.2. The van der Waals surface area contributed by atoms with Gasteiger partial charge in [-0.05, 0) is 83.6 Å². The van der Waals surface area contributed by atoms with Crippen LogP contribution in [0.3, 0.4) is 0 Å². The molecule has 0 saturated carbocycles. The molecule has 0 aliphatic heterocycles. The number of aryl methyl sites for hydroxylation is 2. The van der Waals surface area contributed by atoms with Gasteiger partial charge in [0.15, 0.2) is 0 Å². The lowest BCUT2D eigenvalue weighted by Crippen LogP contribution is -2.22. The summed E-state index contributed by atoms with van der Waals surface area (Å²) in [6, 6.07) is 22.0. The van der Waals surface area contributed by atoms with Crippen LogP contribution in [0, 0.1) is 10.5 Å². The number of aromatic nitrogens is 3. The molecule has 0 spiro atoms. The van der Waals surface area contributed by atoms with Crippen molar-refractivity contribution in [2.75, 3.05) is 0 Å². The second-order valence-electron chi connectivity index (χ2n) is 7.66. The number of benzene rings is 3. The average molecular weight is 517 g/mol. The smallest absolute Gasteiger partial charge is 0.266 e. The molecule has 0 radical (unpaired) electrons. The van der Waals surface area contributed by atoms with Crippen molar-refractivity contribution in [2.24, 2.45) is 7.05 Å². The largest absolute Gasteiger partial charge is 0.350 e. The number of rotatable bonds is 3. The Labute approximate surface area is 193 Å². The van der Waals surface area contributed by atoms with Crippen LogP contribution < -0.4 is 5.56 Å². The predicted molar refractivity (Wildman–Crippen MR) is 137 cm³/mol. The van der Waals surface area contributed by atoms with Crippen molar-refractivity contribution < 1.29 is 0 Å². The summed E-state index contributed by atoms with van der Waals surface area (Å²) in [7, 11) is 2.04. The Morgan fingerprint density at radius 3 is 2.61 bits per heavy atom. The standard InChI is InChI=1S/C26H20IN3O/c1-17-6-5-7-20(14-17)30-25(28-23-12-11-19(27)15-22(23)26(30)31)13-10-18-16-29(2)24-9-4-3-8-21(18)24/h3-16H,1-2H3. The fourth-order valence-electron chi connectivity index (χ4n) is 3.97. The van der Waals surface area contributed by atoms with Crippen LogP contribution in [0.2, 0.25) is 0 Å². The van der Waals surface area contributed by atoms with Crippen LogP contribution in [0.4, 0.5) is 0 Å². The maximum atomic E-state index is 13.5. The summed E-state index contributed by atoms with van der Waals surface area (Å²) in [5.41, 5.74) is 4.80. The second kappa shape index (κ2) is 7.81. The van der Waals surface area contributed by atoms with E-state index in [2.05, 4.69) is 45.5 Å². The van der Waals surface area contributed by atoms with Crippen molar-refractivity contribution >= 4 is 56.5 Å². The molecule has 0 aliphatic rings. The van der Waals surface area contributed by atoms with E-state index in [1.165, 1.54) is 10.9 Å². The van der Waals surface area contributed by atoms with Gasteiger partial charge in [0.05, 0.1) is 16.6 Å². The highest BCUT2D eigenvalue weighted by Crippen LogP contribution is 2.23. The van der Waals surface area contributed by atoms with Crippen molar-refractivity contribution in [3.8, 4) is 5.69 Å². The molecule has 152 valence electrons. The molecular formula is C26H20IN3O. The van der Waals surface area contributed by atoms with Crippen LogP contribution in [0.25, 0.3) is 39.6 Å². The van der Waals surface area contributed by atoms with Crippen molar-refractivity contribution in [1.29, 1.82) is 0 Å². The molecule has 0 aliphatic carbocycles. The SMILES string of the molecule is Cc1cccc(-n2c(C=Cc3cn(C)c4ccccc34)nc3ccc(I)cc3c2=O)c1. The fourth-order valence-corrected chi connectivity index (χ4v) is 4.46. The third-order valence-electron chi connectivity index (χ3n) is 5.46. The first-order valence-electron chi connectivity index (χ1n) is 10.0. The number of hydrogen-bond donors (Lipinski definition) is 0. The molecule has 0 unspecified atom stereocenters. The Kier molecular flexibility index (Phi) is 4.98. The molecule has 5 rings (SSSR count). The Bertz CT molecular complexity index is 1540. The van der Waals surface area contributed by atoms with Crippen LogP contribution in [0.5, 0.6) is 0 Å². The fraction of sp³-hybridized carbons (Fsp3) is 0.0769.